The molecular weight excluding hydrogens is 825 g/mol. The van der Waals surface area contributed by atoms with E-state index < -0.39 is 38.0 Å². The monoisotopic (exact) mass is 890 g/mol. The van der Waals surface area contributed by atoms with Crippen molar-refractivity contribution in [2.75, 3.05) is 27.4 Å². The Kier molecular flexibility index (Phi) is 16.3. The predicted molar refractivity (Wildman–Crippen MR) is 253 cm³/mol. The number of methoxy groups -OCH3 is 2. The second-order valence-electron chi connectivity index (χ2n) is 18.2. The second kappa shape index (κ2) is 21.6. The predicted octanol–water partition coefficient (Wildman–Crippen LogP) is 10.0. The molecule has 12 heteroatoms. The number of aromatic nitrogens is 2. The first-order valence-electron chi connectivity index (χ1n) is 22.5. The Balaban J connectivity index is 1.22. The summed E-state index contributed by atoms with van der Waals surface area (Å²) in [5.41, 5.74) is 1.36. The maximum absolute atomic E-state index is 14.3. The van der Waals surface area contributed by atoms with E-state index in [9.17, 15) is 14.4 Å². The average Bonchev–Trinajstić information content (AvgIpc) is 3.69. The van der Waals surface area contributed by atoms with Crippen LogP contribution in [0.15, 0.2) is 125 Å². The van der Waals surface area contributed by atoms with Crippen molar-refractivity contribution < 1.29 is 32.9 Å². The van der Waals surface area contributed by atoms with Crippen LogP contribution in [0.1, 0.15) is 94.2 Å². The van der Waals surface area contributed by atoms with E-state index in [1.54, 1.807) is 31.9 Å². The zero-order chi connectivity index (χ0) is 45.9. The summed E-state index contributed by atoms with van der Waals surface area (Å²) in [4.78, 5) is 40.1. The Morgan fingerprint density at radius 3 is 1.86 bits per heavy atom. The van der Waals surface area contributed by atoms with Gasteiger partial charge in [-0.05, 0) is 91.0 Å². The molecule has 0 bridgehead atoms. The Hall–Kier alpha value is -5.27. The number of hydrogen-bond donors (Lipinski definition) is 0. The number of rotatable bonds is 22. The van der Waals surface area contributed by atoms with Gasteiger partial charge in [-0.3, -0.25) is 18.7 Å². The zero-order valence-electron chi connectivity index (χ0n) is 38.8. The van der Waals surface area contributed by atoms with Gasteiger partial charge in [0.15, 0.2) is 14.1 Å². The van der Waals surface area contributed by atoms with Crippen LogP contribution in [0.5, 0.6) is 17.2 Å². The van der Waals surface area contributed by atoms with Crippen LogP contribution in [0.25, 0.3) is 0 Å². The fourth-order valence-electron chi connectivity index (χ4n) is 8.02. The molecule has 3 atom stereocenters. The average molecular weight is 891 g/mol. The Bertz CT molecular complexity index is 2330. The quantitative estimate of drug-likeness (QED) is 0.0380. The fourth-order valence-corrected chi connectivity index (χ4v) is 9.38. The highest BCUT2D eigenvalue weighted by molar-refractivity contribution is 6.74. The number of hydrogen-bond acceptors (Lipinski definition) is 9. The standard InChI is InChI=1S/C52H66N2O9Si/c1-38-35-54(50(57)53(49(38)56)33-19-11-9-10-16-22-42(55)36-60-45-23-17-13-18-24-45)48-34-46(63-64(7,8)51(2,3)4)47(62-48)37-61-52(39-20-14-12-15-21-39,40-25-29-43(58-5)30-26-40)41-27-31-44(59-6)32-28-41/h12-15,17-18,20-21,23-32,35,46-48H,9-11,16,19,22,33-34,36-37H2,1-8H3/t46-,47+,48+/m0/s1. The number of ether oxygens (including phenoxy) is 5. The van der Waals surface area contributed by atoms with Crippen LogP contribution in [0.2, 0.25) is 18.1 Å². The van der Waals surface area contributed by atoms with Crippen molar-refractivity contribution in [2.24, 2.45) is 0 Å². The molecule has 0 spiro atoms. The second-order valence-corrected chi connectivity index (χ2v) is 23.0. The number of unbranched alkanes of at least 4 members (excludes halogenated alkanes) is 4. The lowest BCUT2D eigenvalue weighted by Gasteiger charge is -2.40. The molecule has 0 radical (unpaired) electrons. The van der Waals surface area contributed by atoms with E-state index >= 15 is 0 Å². The minimum Gasteiger partial charge on any atom is -0.497 e. The molecule has 1 fully saturated rings. The van der Waals surface area contributed by atoms with Crippen molar-refractivity contribution in [1.82, 2.24) is 9.13 Å². The molecule has 0 amide bonds. The van der Waals surface area contributed by atoms with Gasteiger partial charge in [0.25, 0.3) is 5.56 Å². The number of para-hydroxylation sites is 1. The van der Waals surface area contributed by atoms with Crippen LogP contribution in [-0.2, 0) is 30.8 Å². The van der Waals surface area contributed by atoms with Crippen molar-refractivity contribution in [3.63, 3.8) is 0 Å². The molecular formula is C52H66N2O9Si. The van der Waals surface area contributed by atoms with Crippen LogP contribution >= 0.6 is 0 Å². The highest BCUT2D eigenvalue weighted by Gasteiger charge is 2.47. The van der Waals surface area contributed by atoms with Crippen molar-refractivity contribution in [3.05, 3.63) is 158 Å². The zero-order valence-corrected chi connectivity index (χ0v) is 39.8. The van der Waals surface area contributed by atoms with Crippen molar-refractivity contribution >= 4 is 14.1 Å². The van der Waals surface area contributed by atoms with Gasteiger partial charge in [0.05, 0.1) is 26.9 Å². The molecule has 2 heterocycles. The van der Waals surface area contributed by atoms with Crippen molar-refractivity contribution in [1.29, 1.82) is 0 Å². The molecule has 0 saturated carbocycles. The van der Waals surface area contributed by atoms with Crippen LogP contribution in [0.3, 0.4) is 0 Å². The van der Waals surface area contributed by atoms with Gasteiger partial charge in [0.1, 0.15) is 41.8 Å². The van der Waals surface area contributed by atoms with Gasteiger partial charge in [-0.2, -0.15) is 0 Å². The van der Waals surface area contributed by atoms with E-state index in [4.69, 9.17) is 28.1 Å². The van der Waals surface area contributed by atoms with Gasteiger partial charge in [-0.1, -0.05) is 113 Å². The lowest BCUT2D eigenvalue weighted by molar-refractivity contribution is -0.121. The lowest BCUT2D eigenvalue weighted by Crippen LogP contribution is -2.47. The summed E-state index contributed by atoms with van der Waals surface area (Å²) in [6.45, 7) is 13.3. The largest absolute Gasteiger partial charge is 0.497 e. The Morgan fingerprint density at radius 2 is 1.28 bits per heavy atom. The third-order valence-corrected chi connectivity index (χ3v) is 17.2. The van der Waals surface area contributed by atoms with Gasteiger partial charge >= 0.3 is 5.69 Å². The summed E-state index contributed by atoms with van der Waals surface area (Å²) in [6.07, 6.45) is 4.82. The van der Waals surface area contributed by atoms with E-state index in [-0.39, 0.29) is 36.1 Å². The molecule has 4 aromatic carbocycles. The summed E-state index contributed by atoms with van der Waals surface area (Å²) < 4.78 is 41.0. The smallest absolute Gasteiger partial charge is 0.333 e. The number of carbonyl (C=O) groups excluding carboxylic acids is 1. The van der Waals surface area contributed by atoms with Crippen LogP contribution in [0.4, 0.5) is 0 Å². The van der Waals surface area contributed by atoms with E-state index in [0.717, 1.165) is 53.9 Å². The molecule has 1 aliphatic heterocycles. The van der Waals surface area contributed by atoms with Crippen LogP contribution in [0, 0.1) is 6.92 Å². The molecule has 1 aromatic heterocycles. The van der Waals surface area contributed by atoms with Crippen LogP contribution < -0.4 is 25.5 Å². The van der Waals surface area contributed by atoms with E-state index in [1.165, 1.54) is 4.57 Å². The Labute approximate surface area is 379 Å². The maximum atomic E-state index is 14.3. The van der Waals surface area contributed by atoms with Gasteiger partial charge < -0.3 is 28.1 Å². The molecule has 1 saturated heterocycles. The number of benzene rings is 4. The fraction of sp³-hybridized carbons (Fsp3) is 0.442. The summed E-state index contributed by atoms with van der Waals surface area (Å²) >= 11 is 0. The van der Waals surface area contributed by atoms with Gasteiger partial charge in [-0.15, -0.1) is 0 Å². The number of ketones is 1. The highest BCUT2D eigenvalue weighted by atomic mass is 28.4. The van der Waals surface area contributed by atoms with Gasteiger partial charge in [-0.25, -0.2) is 4.79 Å². The Morgan fingerprint density at radius 1 is 0.734 bits per heavy atom. The van der Waals surface area contributed by atoms with Crippen molar-refractivity contribution in [2.45, 2.75) is 121 Å². The summed E-state index contributed by atoms with van der Waals surface area (Å²) in [5.74, 6) is 2.20. The number of Topliss-reactive ketones (excluding diaryl/α,β-unsaturated/α-hetero) is 1. The molecule has 1 aliphatic rings. The summed E-state index contributed by atoms with van der Waals surface area (Å²) in [7, 11) is 0.932. The number of carbonyl (C=O) groups is 1. The maximum Gasteiger partial charge on any atom is 0.333 e. The van der Waals surface area contributed by atoms with E-state index in [2.05, 4.69) is 46.0 Å². The third-order valence-electron chi connectivity index (χ3n) is 12.7. The molecule has 0 aliphatic carbocycles. The highest BCUT2D eigenvalue weighted by Crippen LogP contribution is 2.45. The van der Waals surface area contributed by atoms with E-state index in [0.29, 0.717) is 30.6 Å². The van der Waals surface area contributed by atoms with Gasteiger partial charge in [0, 0.05) is 31.1 Å². The lowest BCUT2D eigenvalue weighted by atomic mass is 9.80. The van der Waals surface area contributed by atoms with Crippen molar-refractivity contribution in [3.8, 4) is 17.2 Å². The molecule has 6 rings (SSSR count). The molecule has 0 N–H and O–H groups in total. The summed E-state index contributed by atoms with van der Waals surface area (Å²) in [6, 6.07) is 35.3. The first-order valence-corrected chi connectivity index (χ1v) is 25.4. The van der Waals surface area contributed by atoms with Gasteiger partial charge in [0.2, 0.25) is 0 Å². The molecule has 0 unspecified atom stereocenters. The minimum atomic E-state index is -2.36. The SMILES string of the molecule is COc1ccc(C(OC[C@H]2O[C@@H](n3cc(C)c(=O)n(CCCCCCCC(=O)COc4ccccc4)c3=O)C[C@@H]2O[Si](C)(C)C(C)(C)C)(c2ccccc2)c2ccc(OC)cc2)cc1. The number of aryl methyl sites for hydroxylation is 1. The molecule has 342 valence electrons. The first-order chi connectivity index (χ1) is 30.7. The van der Waals surface area contributed by atoms with E-state index in [1.807, 2.05) is 97.1 Å². The number of nitrogens with zero attached hydrogens (tertiary/aromatic N) is 2. The normalized spacial score (nSPS) is 16.7. The molecule has 11 nitrogen and oxygen atoms in total. The minimum absolute atomic E-state index is 0.0655. The van der Waals surface area contributed by atoms with Crippen LogP contribution in [-0.4, -0.2) is 62.9 Å². The third kappa shape index (κ3) is 11.5. The summed E-state index contributed by atoms with van der Waals surface area (Å²) in [5, 5.41) is -0.0938. The first kappa shape index (κ1) is 48.2. The molecule has 64 heavy (non-hydrogen) atoms. The molecule has 5 aromatic rings. The topological polar surface area (TPSA) is 116 Å².